The fourth-order valence-electron chi connectivity index (χ4n) is 2.40. The van der Waals surface area contributed by atoms with Gasteiger partial charge in [-0.15, -0.1) is 0 Å². The number of carbonyl (C=O) groups excluding carboxylic acids is 2. The molecule has 0 aromatic heterocycles. The fourth-order valence-corrected chi connectivity index (χ4v) is 2.40. The Bertz CT molecular complexity index is 959. The van der Waals surface area contributed by atoms with Gasteiger partial charge in [0.05, 0.1) is 11.4 Å². The summed E-state index contributed by atoms with van der Waals surface area (Å²) < 4.78 is 26.6. The lowest BCUT2D eigenvalue weighted by atomic mass is 10.0. The van der Waals surface area contributed by atoms with Crippen molar-refractivity contribution in [3.63, 3.8) is 0 Å². The maximum Gasteiger partial charge on any atom is 0.323 e. The molecule has 0 spiro atoms. The van der Waals surface area contributed by atoms with Gasteiger partial charge in [-0.1, -0.05) is 42.5 Å². The van der Waals surface area contributed by atoms with Crippen LogP contribution in [0.3, 0.4) is 0 Å². The lowest BCUT2D eigenvalue weighted by molar-refractivity contribution is 0.103. The van der Waals surface area contributed by atoms with Crippen LogP contribution in [0.25, 0.3) is 0 Å². The molecule has 26 heavy (non-hydrogen) atoms. The first-order chi connectivity index (χ1) is 12.5. The number of anilines is 2. The van der Waals surface area contributed by atoms with Gasteiger partial charge in [0.25, 0.3) is 0 Å². The van der Waals surface area contributed by atoms with E-state index in [1.165, 1.54) is 0 Å². The topological polar surface area (TPSA) is 58.2 Å². The zero-order valence-corrected chi connectivity index (χ0v) is 13.5. The summed E-state index contributed by atoms with van der Waals surface area (Å²) in [5.41, 5.74) is 0.886. The zero-order chi connectivity index (χ0) is 18.5. The molecule has 0 saturated carbocycles. The van der Waals surface area contributed by atoms with Crippen molar-refractivity contribution in [1.29, 1.82) is 0 Å². The number of urea groups is 1. The molecule has 3 aromatic rings. The maximum atomic E-state index is 13.6. The number of amides is 2. The van der Waals surface area contributed by atoms with Gasteiger partial charge in [-0.25, -0.2) is 13.6 Å². The number of para-hydroxylation sites is 1. The summed E-state index contributed by atoms with van der Waals surface area (Å²) in [6, 6.07) is 17.2. The van der Waals surface area contributed by atoms with Gasteiger partial charge in [0.1, 0.15) is 11.6 Å². The Balaban J connectivity index is 1.80. The van der Waals surface area contributed by atoms with Crippen molar-refractivity contribution in [1.82, 2.24) is 0 Å². The monoisotopic (exact) mass is 352 g/mol. The maximum absolute atomic E-state index is 13.6. The van der Waals surface area contributed by atoms with E-state index in [9.17, 15) is 18.4 Å². The largest absolute Gasteiger partial charge is 0.323 e. The van der Waals surface area contributed by atoms with Crippen LogP contribution < -0.4 is 10.6 Å². The van der Waals surface area contributed by atoms with Crippen LogP contribution in [0.1, 0.15) is 15.9 Å². The van der Waals surface area contributed by atoms with Crippen LogP contribution in [0.5, 0.6) is 0 Å². The van der Waals surface area contributed by atoms with E-state index in [-0.39, 0.29) is 17.2 Å². The van der Waals surface area contributed by atoms with Crippen molar-refractivity contribution in [3.05, 3.63) is 95.6 Å². The van der Waals surface area contributed by atoms with Gasteiger partial charge >= 0.3 is 6.03 Å². The van der Waals surface area contributed by atoms with Gasteiger partial charge in [0.2, 0.25) is 0 Å². The molecule has 0 aliphatic rings. The number of rotatable bonds is 4. The van der Waals surface area contributed by atoms with E-state index in [0.29, 0.717) is 17.2 Å². The molecule has 0 unspecified atom stereocenters. The minimum absolute atomic E-state index is 0.171. The summed E-state index contributed by atoms with van der Waals surface area (Å²) >= 11 is 0. The van der Waals surface area contributed by atoms with Crippen LogP contribution in [0.15, 0.2) is 72.8 Å². The van der Waals surface area contributed by atoms with Crippen molar-refractivity contribution in [3.8, 4) is 0 Å². The van der Waals surface area contributed by atoms with E-state index in [1.54, 1.807) is 54.6 Å². The highest BCUT2D eigenvalue weighted by molar-refractivity contribution is 6.14. The average Bonchev–Trinajstić information content (AvgIpc) is 2.65. The van der Waals surface area contributed by atoms with Crippen LogP contribution in [0, 0.1) is 11.6 Å². The molecule has 2 N–H and O–H groups in total. The first-order valence-corrected chi connectivity index (χ1v) is 7.76. The summed E-state index contributed by atoms with van der Waals surface area (Å²) in [6.07, 6.45) is 0. The molecule has 0 atom stereocenters. The summed E-state index contributed by atoms with van der Waals surface area (Å²) in [5, 5.41) is 4.81. The Kier molecular flexibility index (Phi) is 5.03. The molecule has 6 heteroatoms. The van der Waals surface area contributed by atoms with E-state index < -0.39 is 17.7 Å². The number of ketones is 1. The van der Waals surface area contributed by atoms with Crippen LogP contribution in [0.4, 0.5) is 25.0 Å². The van der Waals surface area contributed by atoms with Crippen molar-refractivity contribution in [2.75, 3.05) is 10.6 Å². The third-order valence-corrected chi connectivity index (χ3v) is 3.64. The van der Waals surface area contributed by atoms with Crippen LogP contribution >= 0.6 is 0 Å². The minimum atomic E-state index is -0.895. The molecule has 4 nitrogen and oxygen atoms in total. The first-order valence-electron chi connectivity index (χ1n) is 7.76. The first kappa shape index (κ1) is 17.3. The molecular weight excluding hydrogens is 338 g/mol. The smallest absolute Gasteiger partial charge is 0.307 e. The second kappa shape index (κ2) is 7.57. The predicted octanol–water partition coefficient (Wildman–Crippen LogP) is 4.84. The lowest BCUT2D eigenvalue weighted by Gasteiger charge is -2.12. The number of carbonyl (C=O) groups is 2. The molecule has 130 valence electrons. The zero-order valence-electron chi connectivity index (χ0n) is 13.5. The summed E-state index contributed by atoms with van der Waals surface area (Å²) in [6.45, 7) is 0. The molecule has 3 aromatic carbocycles. The van der Waals surface area contributed by atoms with Crippen molar-refractivity contribution < 1.29 is 18.4 Å². The number of hydrogen-bond donors (Lipinski definition) is 2. The van der Waals surface area contributed by atoms with E-state index >= 15 is 0 Å². The van der Waals surface area contributed by atoms with Gasteiger partial charge in [0, 0.05) is 17.2 Å². The molecule has 2 amide bonds. The van der Waals surface area contributed by atoms with Crippen molar-refractivity contribution in [2.45, 2.75) is 0 Å². The minimum Gasteiger partial charge on any atom is -0.307 e. The molecule has 0 saturated heterocycles. The van der Waals surface area contributed by atoms with E-state index in [4.69, 9.17) is 0 Å². The lowest BCUT2D eigenvalue weighted by Crippen LogP contribution is -2.21. The number of benzene rings is 3. The highest BCUT2D eigenvalue weighted by atomic mass is 19.1. The third-order valence-electron chi connectivity index (χ3n) is 3.64. The van der Waals surface area contributed by atoms with Crippen LogP contribution in [0.2, 0.25) is 0 Å². The van der Waals surface area contributed by atoms with Crippen molar-refractivity contribution in [2.24, 2.45) is 0 Å². The van der Waals surface area contributed by atoms with Gasteiger partial charge in [-0.2, -0.15) is 0 Å². The third kappa shape index (κ3) is 3.92. The Labute approximate surface area is 148 Å². The Morgan fingerprint density at radius 1 is 0.731 bits per heavy atom. The SMILES string of the molecule is O=C(Nc1ccc(F)cc1F)Nc1ccccc1C(=O)c1ccccc1. The average molecular weight is 352 g/mol. The quantitative estimate of drug-likeness (QED) is 0.660. The molecule has 0 fully saturated rings. The number of halogens is 2. The van der Waals surface area contributed by atoms with Gasteiger partial charge in [-0.3, -0.25) is 4.79 Å². The molecule has 0 radical (unpaired) electrons. The number of hydrogen-bond acceptors (Lipinski definition) is 2. The Morgan fingerprint density at radius 2 is 1.38 bits per heavy atom. The van der Waals surface area contributed by atoms with Gasteiger partial charge < -0.3 is 10.6 Å². The van der Waals surface area contributed by atoms with Crippen molar-refractivity contribution >= 4 is 23.2 Å². The van der Waals surface area contributed by atoms with E-state index in [1.807, 2.05) is 0 Å². The molecule has 0 aliphatic heterocycles. The molecule has 0 heterocycles. The highest BCUT2D eigenvalue weighted by Gasteiger charge is 2.15. The molecule has 0 bridgehead atoms. The molecule has 0 aliphatic carbocycles. The Morgan fingerprint density at radius 3 is 2.12 bits per heavy atom. The summed E-state index contributed by atoms with van der Waals surface area (Å²) in [5.74, 6) is -1.89. The van der Waals surface area contributed by atoms with Crippen LogP contribution in [-0.4, -0.2) is 11.8 Å². The fraction of sp³-hybridized carbons (Fsp3) is 0. The highest BCUT2D eigenvalue weighted by Crippen LogP contribution is 2.20. The normalized spacial score (nSPS) is 10.2. The van der Waals surface area contributed by atoms with Gasteiger partial charge in [-0.05, 0) is 24.3 Å². The number of nitrogens with one attached hydrogen (secondary N) is 2. The molecular formula is C20H14F2N2O2. The molecule has 3 rings (SSSR count). The second-order valence-electron chi connectivity index (χ2n) is 5.44. The summed E-state index contributed by atoms with van der Waals surface area (Å²) in [4.78, 5) is 24.8. The second-order valence-corrected chi connectivity index (χ2v) is 5.44. The summed E-state index contributed by atoms with van der Waals surface area (Å²) in [7, 11) is 0. The standard InChI is InChI=1S/C20H14F2N2O2/c21-14-10-11-18(16(22)12-14)24-20(26)23-17-9-5-4-8-15(17)19(25)13-6-2-1-3-7-13/h1-12H,(H2,23,24,26). The van der Waals surface area contributed by atoms with E-state index in [2.05, 4.69) is 10.6 Å². The van der Waals surface area contributed by atoms with E-state index in [0.717, 1.165) is 12.1 Å². The predicted molar refractivity (Wildman–Crippen MR) is 95.3 cm³/mol. The Hall–Kier alpha value is -3.54. The van der Waals surface area contributed by atoms with Crippen LogP contribution in [-0.2, 0) is 0 Å². The van der Waals surface area contributed by atoms with Gasteiger partial charge in [0.15, 0.2) is 5.78 Å².